The van der Waals surface area contributed by atoms with Crippen molar-refractivity contribution in [3.8, 4) is 5.75 Å². The number of hydrogen-bond donors (Lipinski definition) is 1. The van der Waals surface area contributed by atoms with Crippen LogP contribution in [0, 0.1) is 0 Å². The van der Waals surface area contributed by atoms with Crippen molar-refractivity contribution in [2.45, 2.75) is 36.6 Å². The smallest absolute Gasteiger partial charge is 0.406 e. The predicted octanol–water partition coefficient (Wildman–Crippen LogP) is 2.09. The Morgan fingerprint density at radius 3 is 2.68 bits per heavy atom. The first kappa shape index (κ1) is 17.0. The lowest BCUT2D eigenvalue weighted by Gasteiger charge is -2.33. The molecular formula is C13H17F3N2O3S. The molecular weight excluding hydrogens is 321 g/mol. The molecule has 22 heavy (non-hydrogen) atoms. The topological polar surface area (TPSA) is 72.6 Å². The summed E-state index contributed by atoms with van der Waals surface area (Å²) < 4.78 is 67.0. The van der Waals surface area contributed by atoms with Gasteiger partial charge in [-0.2, -0.15) is 4.31 Å². The average molecular weight is 338 g/mol. The van der Waals surface area contributed by atoms with Crippen LogP contribution in [0.1, 0.15) is 19.3 Å². The van der Waals surface area contributed by atoms with Crippen LogP contribution in [0.3, 0.4) is 0 Å². The summed E-state index contributed by atoms with van der Waals surface area (Å²) in [5.74, 6) is -0.560. The van der Waals surface area contributed by atoms with E-state index in [1.54, 1.807) is 0 Å². The van der Waals surface area contributed by atoms with Crippen LogP contribution in [-0.4, -0.2) is 38.2 Å². The quantitative estimate of drug-likeness (QED) is 0.912. The number of rotatable bonds is 4. The fourth-order valence-electron chi connectivity index (χ4n) is 2.49. The van der Waals surface area contributed by atoms with Gasteiger partial charge in [-0.25, -0.2) is 8.42 Å². The lowest BCUT2D eigenvalue weighted by atomic mass is 10.1. The molecule has 1 aromatic rings. The molecule has 0 amide bonds. The van der Waals surface area contributed by atoms with Gasteiger partial charge in [0.05, 0.1) is 4.90 Å². The van der Waals surface area contributed by atoms with E-state index in [1.165, 1.54) is 16.4 Å². The molecule has 0 bridgehead atoms. The van der Waals surface area contributed by atoms with Crippen molar-refractivity contribution in [1.82, 2.24) is 4.31 Å². The lowest BCUT2D eigenvalue weighted by molar-refractivity contribution is -0.274. The highest BCUT2D eigenvalue weighted by Crippen LogP contribution is 2.29. The molecule has 0 aliphatic carbocycles. The largest absolute Gasteiger partial charge is 0.573 e. The maximum atomic E-state index is 12.6. The fraction of sp³-hybridized carbons (Fsp3) is 0.538. The van der Waals surface area contributed by atoms with Crippen molar-refractivity contribution in [3.05, 3.63) is 24.3 Å². The van der Waals surface area contributed by atoms with E-state index in [-0.39, 0.29) is 17.5 Å². The van der Waals surface area contributed by atoms with Crippen LogP contribution in [0.5, 0.6) is 5.75 Å². The Balaban J connectivity index is 2.31. The minimum atomic E-state index is -4.87. The number of alkyl halides is 3. The van der Waals surface area contributed by atoms with E-state index in [1.807, 2.05) is 0 Å². The van der Waals surface area contributed by atoms with Crippen LogP contribution in [0.25, 0.3) is 0 Å². The molecule has 0 radical (unpaired) electrons. The number of ether oxygens (including phenoxy) is 1. The van der Waals surface area contributed by atoms with Crippen LogP contribution in [-0.2, 0) is 10.0 Å². The van der Waals surface area contributed by atoms with Crippen molar-refractivity contribution in [3.63, 3.8) is 0 Å². The van der Waals surface area contributed by atoms with Crippen LogP contribution in [0.4, 0.5) is 13.2 Å². The van der Waals surface area contributed by atoms with E-state index >= 15 is 0 Å². The molecule has 1 aromatic carbocycles. The van der Waals surface area contributed by atoms with Crippen LogP contribution >= 0.6 is 0 Å². The molecule has 1 aliphatic rings. The summed E-state index contributed by atoms with van der Waals surface area (Å²) in [6, 6.07) is 4.08. The number of nitrogens with two attached hydrogens (primary N) is 1. The molecule has 1 heterocycles. The SMILES string of the molecule is NCC1CCCCN1S(=O)(=O)c1cccc(OC(F)(F)F)c1. The Kier molecular flexibility index (Phi) is 4.98. The monoisotopic (exact) mass is 338 g/mol. The summed E-state index contributed by atoms with van der Waals surface area (Å²) in [6.07, 6.45) is -2.64. The Labute approximate surface area is 126 Å². The van der Waals surface area contributed by atoms with E-state index in [9.17, 15) is 21.6 Å². The van der Waals surface area contributed by atoms with Gasteiger partial charge in [0.2, 0.25) is 10.0 Å². The minimum absolute atomic E-state index is 0.179. The number of nitrogens with zero attached hydrogens (tertiary/aromatic N) is 1. The summed E-state index contributed by atoms with van der Waals surface area (Å²) >= 11 is 0. The molecule has 0 spiro atoms. The van der Waals surface area contributed by atoms with Gasteiger partial charge in [-0.1, -0.05) is 12.5 Å². The first-order valence-electron chi connectivity index (χ1n) is 6.82. The van der Waals surface area contributed by atoms with Crippen molar-refractivity contribution in [1.29, 1.82) is 0 Å². The summed E-state index contributed by atoms with van der Waals surface area (Å²) in [7, 11) is -3.90. The predicted molar refractivity (Wildman–Crippen MR) is 73.7 cm³/mol. The standard InChI is InChI=1S/C13H17F3N2O3S/c14-13(15,16)21-11-5-3-6-12(8-11)22(19,20)18-7-2-1-4-10(18)9-17/h3,5-6,8,10H,1-2,4,7,9,17H2. The fourth-order valence-corrected chi connectivity index (χ4v) is 4.23. The van der Waals surface area contributed by atoms with Gasteiger partial charge in [0.25, 0.3) is 0 Å². The van der Waals surface area contributed by atoms with Crippen LogP contribution in [0.15, 0.2) is 29.2 Å². The minimum Gasteiger partial charge on any atom is -0.406 e. The molecule has 5 nitrogen and oxygen atoms in total. The normalized spacial score (nSPS) is 20.8. The first-order valence-corrected chi connectivity index (χ1v) is 8.26. The molecule has 2 N–H and O–H groups in total. The molecule has 1 atom stereocenters. The summed E-state index contributed by atoms with van der Waals surface area (Å²) in [4.78, 5) is -0.227. The van der Waals surface area contributed by atoms with Crippen molar-refractivity contribution >= 4 is 10.0 Å². The Morgan fingerprint density at radius 2 is 2.05 bits per heavy atom. The summed E-state index contributed by atoms with van der Waals surface area (Å²) in [5, 5.41) is 0. The zero-order valence-corrected chi connectivity index (χ0v) is 12.5. The Bertz CT molecular complexity index is 619. The second-order valence-corrected chi connectivity index (χ2v) is 6.91. The second kappa shape index (κ2) is 6.43. The third-order valence-electron chi connectivity index (χ3n) is 3.49. The van der Waals surface area contributed by atoms with Crippen molar-refractivity contribution in [2.75, 3.05) is 13.1 Å². The lowest BCUT2D eigenvalue weighted by Crippen LogP contribution is -2.47. The van der Waals surface area contributed by atoms with Gasteiger partial charge in [0.15, 0.2) is 0 Å². The average Bonchev–Trinajstić information content (AvgIpc) is 2.45. The number of halogens is 3. The first-order chi connectivity index (χ1) is 10.2. The molecule has 1 aliphatic heterocycles. The summed E-state index contributed by atoms with van der Waals surface area (Å²) in [6.45, 7) is 0.493. The maximum absolute atomic E-state index is 12.6. The van der Waals surface area contributed by atoms with E-state index in [2.05, 4.69) is 4.74 Å². The molecule has 1 saturated heterocycles. The maximum Gasteiger partial charge on any atom is 0.573 e. The molecule has 2 rings (SSSR count). The zero-order chi connectivity index (χ0) is 16.4. The molecule has 0 saturated carbocycles. The second-order valence-electron chi connectivity index (χ2n) is 5.02. The van der Waals surface area contributed by atoms with Gasteiger partial charge >= 0.3 is 6.36 Å². The van der Waals surface area contributed by atoms with Crippen LogP contribution < -0.4 is 10.5 Å². The summed E-state index contributed by atoms with van der Waals surface area (Å²) in [5.41, 5.74) is 5.60. The van der Waals surface area contributed by atoms with E-state index in [0.717, 1.165) is 18.6 Å². The van der Waals surface area contributed by atoms with Crippen molar-refractivity contribution in [2.24, 2.45) is 5.73 Å². The third-order valence-corrected chi connectivity index (χ3v) is 5.44. The van der Waals surface area contributed by atoms with Gasteiger partial charge in [0, 0.05) is 25.2 Å². The van der Waals surface area contributed by atoms with Crippen LogP contribution in [0.2, 0.25) is 0 Å². The van der Waals surface area contributed by atoms with Gasteiger partial charge in [-0.05, 0) is 25.0 Å². The molecule has 0 aromatic heterocycles. The van der Waals surface area contributed by atoms with Gasteiger partial charge < -0.3 is 10.5 Å². The van der Waals surface area contributed by atoms with E-state index in [4.69, 9.17) is 5.73 Å². The molecule has 9 heteroatoms. The van der Waals surface area contributed by atoms with Gasteiger partial charge in [0.1, 0.15) is 5.75 Å². The van der Waals surface area contributed by atoms with Gasteiger partial charge in [-0.3, -0.25) is 0 Å². The Morgan fingerprint density at radius 1 is 1.32 bits per heavy atom. The molecule has 1 fully saturated rings. The van der Waals surface area contributed by atoms with E-state index < -0.39 is 22.1 Å². The highest BCUT2D eigenvalue weighted by atomic mass is 32.2. The zero-order valence-electron chi connectivity index (χ0n) is 11.7. The third kappa shape index (κ3) is 3.90. The molecule has 1 unspecified atom stereocenters. The number of sulfonamides is 1. The van der Waals surface area contributed by atoms with Gasteiger partial charge in [-0.15, -0.1) is 13.2 Å². The van der Waals surface area contributed by atoms with Crippen molar-refractivity contribution < 1.29 is 26.3 Å². The Hall–Kier alpha value is -1.32. The highest BCUT2D eigenvalue weighted by Gasteiger charge is 2.34. The number of benzene rings is 1. The molecule has 124 valence electrons. The number of hydrogen-bond acceptors (Lipinski definition) is 4. The highest BCUT2D eigenvalue weighted by molar-refractivity contribution is 7.89. The van der Waals surface area contributed by atoms with E-state index in [0.29, 0.717) is 19.4 Å². The number of piperidine rings is 1.